The Balaban J connectivity index is 2.34. The first-order valence-electron chi connectivity index (χ1n) is 6.97. The summed E-state index contributed by atoms with van der Waals surface area (Å²) < 4.78 is 6.61. The number of hydrogen-bond acceptors (Lipinski definition) is 4. The molecular weight excluding hydrogens is 278 g/mol. The maximum absolute atomic E-state index is 12.2. The number of rotatable bonds is 4. The molecule has 0 amide bonds. The van der Waals surface area contributed by atoms with Crippen molar-refractivity contribution in [2.45, 2.75) is 20.8 Å². The van der Waals surface area contributed by atoms with Crippen LogP contribution in [0.4, 0.5) is 0 Å². The molecule has 22 heavy (non-hydrogen) atoms. The minimum atomic E-state index is -0.401. The molecule has 1 aromatic heterocycles. The van der Waals surface area contributed by atoms with Gasteiger partial charge >= 0.3 is 0 Å². The van der Waals surface area contributed by atoms with Gasteiger partial charge in [-0.25, -0.2) is 4.68 Å². The van der Waals surface area contributed by atoms with Gasteiger partial charge in [0.2, 0.25) is 0 Å². The van der Waals surface area contributed by atoms with Crippen LogP contribution in [0.5, 0.6) is 5.75 Å². The second-order valence-electron chi connectivity index (χ2n) is 4.82. The van der Waals surface area contributed by atoms with Gasteiger partial charge in [0.25, 0.3) is 5.56 Å². The summed E-state index contributed by atoms with van der Waals surface area (Å²) in [6, 6.07) is 11.1. The van der Waals surface area contributed by atoms with Gasteiger partial charge in [-0.2, -0.15) is 10.4 Å². The highest BCUT2D eigenvalue weighted by Gasteiger charge is 2.08. The number of aromatic nitrogens is 1. The van der Waals surface area contributed by atoms with Crippen molar-refractivity contribution in [1.29, 1.82) is 5.26 Å². The minimum Gasteiger partial charge on any atom is -0.494 e. The van der Waals surface area contributed by atoms with E-state index in [9.17, 15) is 4.79 Å². The molecule has 5 nitrogen and oxygen atoms in total. The Labute approximate surface area is 129 Å². The van der Waals surface area contributed by atoms with E-state index in [1.54, 1.807) is 26.1 Å². The number of benzene rings is 1. The lowest BCUT2D eigenvalue weighted by atomic mass is 10.1. The van der Waals surface area contributed by atoms with Gasteiger partial charge in [0.05, 0.1) is 12.8 Å². The summed E-state index contributed by atoms with van der Waals surface area (Å²) in [5.41, 5.74) is 1.91. The molecule has 0 unspecified atom stereocenters. The van der Waals surface area contributed by atoms with Crippen molar-refractivity contribution >= 4 is 6.21 Å². The third-order valence-corrected chi connectivity index (χ3v) is 3.19. The van der Waals surface area contributed by atoms with Crippen molar-refractivity contribution in [3.05, 3.63) is 63.1 Å². The van der Waals surface area contributed by atoms with E-state index >= 15 is 0 Å². The molecule has 0 radical (unpaired) electrons. The van der Waals surface area contributed by atoms with Crippen LogP contribution in [-0.4, -0.2) is 17.5 Å². The zero-order valence-corrected chi connectivity index (χ0v) is 12.8. The summed E-state index contributed by atoms with van der Waals surface area (Å²) in [5, 5.41) is 13.2. The number of nitrogens with zero attached hydrogens (tertiary/aromatic N) is 3. The Hall–Kier alpha value is -2.87. The second-order valence-corrected chi connectivity index (χ2v) is 4.82. The van der Waals surface area contributed by atoms with E-state index in [0.29, 0.717) is 17.9 Å². The highest BCUT2D eigenvalue weighted by atomic mass is 16.5. The predicted octanol–water partition coefficient (Wildman–Crippen LogP) is 2.62. The lowest BCUT2D eigenvalue weighted by molar-refractivity contribution is 0.340. The molecule has 0 aliphatic carbocycles. The fourth-order valence-corrected chi connectivity index (χ4v) is 2.10. The third kappa shape index (κ3) is 3.23. The van der Waals surface area contributed by atoms with Crippen molar-refractivity contribution in [3.63, 3.8) is 0 Å². The summed E-state index contributed by atoms with van der Waals surface area (Å²) in [7, 11) is 0. The summed E-state index contributed by atoms with van der Waals surface area (Å²) >= 11 is 0. The average molecular weight is 295 g/mol. The largest absolute Gasteiger partial charge is 0.494 e. The maximum atomic E-state index is 12.2. The van der Waals surface area contributed by atoms with Crippen molar-refractivity contribution in [1.82, 2.24) is 4.68 Å². The topological polar surface area (TPSA) is 67.4 Å². The van der Waals surface area contributed by atoms with Crippen molar-refractivity contribution in [2.75, 3.05) is 6.61 Å². The van der Waals surface area contributed by atoms with Gasteiger partial charge in [-0.3, -0.25) is 4.79 Å². The van der Waals surface area contributed by atoms with Gasteiger partial charge < -0.3 is 4.74 Å². The molecule has 0 aliphatic rings. The van der Waals surface area contributed by atoms with E-state index in [2.05, 4.69) is 5.10 Å². The molecule has 0 spiro atoms. The molecule has 5 heteroatoms. The fourth-order valence-electron chi connectivity index (χ4n) is 2.10. The minimum absolute atomic E-state index is 0.120. The fraction of sp³-hybridized carbons (Fsp3) is 0.235. The SMILES string of the molecule is CCOc1ccc(/C=N/n2c(C)cc(C)c(C#N)c2=O)cc1. The smallest absolute Gasteiger partial charge is 0.289 e. The number of pyridine rings is 1. The van der Waals surface area contributed by atoms with Crippen LogP contribution in [-0.2, 0) is 0 Å². The van der Waals surface area contributed by atoms with E-state index in [1.165, 1.54) is 4.68 Å². The quantitative estimate of drug-likeness (QED) is 0.814. The number of nitriles is 1. The zero-order valence-electron chi connectivity index (χ0n) is 12.8. The molecule has 2 rings (SSSR count). The third-order valence-electron chi connectivity index (χ3n) is 3.19. The van der Waals surface area contributed by atoms with Crippen LogP contribution >= 0.6 is 0 Å². The molecule has 1 heterocycles. The first-order valence-corrected chi connectivity index (χ1v) is 6.97. The Morgan fingerprint density at radius 3 is 2.59 bits per heavy atom. The van der Waals surface area contributed by atoms with Gasteiger partial charge in [-0.15, -0.1) is 0 Å². The van der Waals surface area contributed by atoms with E-state index in [0.717, 1.165) is 11.3 Å². The van der Waals surface area contributed by atoms with Crippen LogP contribution < -0.4 is 10.3 Å². The highest BCUT2D eigenvalue weighted by molar-refractivity contribution is 5.79. The molecule has 0 saturated heterocycles. The van der Waals surface area contributed by atoms with Crippen LogP contribution in [0.15, 0.2) is 40.2 Å². The summed E-state index contributed by atoms with van der Waals surface area (Å²) in [6.07, 6.45) is 1.58. The normalized spacial score (nSPS) is 10.6. The number of aryl methyl sites for hydroxylation is 2. The van der Waals surface area contributed by atoms with Crippen molar-refractivity contribution < 1.29 is 4.74 Å². The Morgan fingerprint density at radius 1 is 1.32 bits per heavy atom. The van der Waals surface area contributed by atoms with Gasteiger partial charge in [0.15, 0.2) is 0 Å². The lowest BCUT2D eigenvalue weighted by Gasteiger charge is -2.06. The number of ether oxygens (including phenoxy) is 1. The van der Waals surface area contributed by atoms with Crippen molar-refractivity contribution in [2.24, 2.45) is 5.10 Å². The Bertz CT molecular complexity index is 796. The van der Waals surface area contributed by atoms with Gasteiger partial charge in [0.1, 0.15) is 17.4 Å². The summed E-state index contributed by atoms with van der Waals surface area (Å²) in [5.74, 6) is 0.787. The highest BCUT2D eigenvalue weighted by Crippen LogP contribution is 2.11. The maximum Gasteiger partial charge on any atom is 0.289 e. The number of hydrogen-bond donors (Lipinski definition) is 0. The first kappa shape index (κ1) is 15.5. The van der Waals surface area contributed by atoms with E-state index in [4.69, 9.17) is 10.00 Å². The standard InChI is InChI=1S/C17H17N3O2/c1-4-22-15-7-5-14(6-8-15)11-19-20-13(3)9-12(2)16(10-18)17(20)21/h5-9,11H,4H2,1-3H3/b19-11+. The van der Waals surface area contributed by atoms with Crippen LogP contribution in [0, 0.1) is 25.2 Å². The predicted molar refractivity (Wildman–Crippen MR) is 85.5 cm³/mol. The zero-order chi connectivity index (χ0) is 16.1. The van der Waals surface area contributed by atoms with Gasteiger partial charge in [-0.1, -0.05) is 0 Å². The molecule has 0 N–H and O–H groups in total. The van der Waals surface area contributed by atoms with E-state index in [-0.39, 0.29) is 5.56 Å². The van der Waals surface area contributed by atoms with E-state index in [1.807, 2.05) is 37.3 Å². The van der Waals surface area contributed by atoms with E-state index < -0.39 is 5.56 Å². The van der Waals surface area contributed by atoms with Crippen LogP contribution in [0.3, 0.4) is 0 Å². The van der Waals surface area contributed by atoms with Crippen LogP contribution in [0.1, 0.15) is 29.3 Å². The Kier molecular flexibility index (Phi) is 4.74. The van der Waals surface area contributed by atoms with Crippen molar-refractivity contribution in [3.8, 4) is 11.8 Å². The first-order chi connectivity index (χ1) is 10.6. The summed E-state index contributed by atoms with van der Waals surface area (Å²) in [6.45, 7) is 6.07. The molecule has 112 valence electrons. The molecule has 0 saturated carbocycles. The lowest BCUT2D eigenvalue weighted by Crippen LogP contribution is -2.22. The molecule has 0 fully saturated rings. The van der Waals surface area contributed by atoms with Crippen LogP contribution in [0.2, 0.25) is 0 Å². The van der Waals surface area contributed by atoms with Gasteiger partial charge in [-0.05, 0) is 62.2 Å². The Morgan fingerprint density at radius 2 is 2.00 bits per heavy atom. The average Bonchev–Trinajstić information content (AvgIpc) is 2.49. The molecular formula is C17H17N3O2. The van der Waals surface area contributed by atoms with Crippen LogP contribution in [0.25, 0.3) is 0 Å². The molecule has 0 bridgehead atoms. The molecule has 0 aliphatic heterocycles. The molecule has 0 atom stereocenters. The van der Waals surface area contributed by atoms with Gasteiger partial charge in [0, 0.05) is 5.69 Å². The monoisotopic (exact) mass is 295 g/mol. The summed E-state index contributed by atoms with van der Waals surface area (Å²) in [4.78, 5) is 12.2. The molecule has 1 aromatic carbocycles. The molecule has 2 aromatic rings. The second kappa shape index (κ2) is 6.72.